The van der Waals surface area contributed by atoms with Crippen LogP contribution in [-0.2, 0) is 6.54 Å². The molecule has 0 atom stereocenters. The maximum absolute atomic E-state index is 10.9. The fourth-order valence-corrected chi connectivity index (χ4v) is 1.66. The number of aromatic amines is 1. The van der Waals surface area contributed by atoms with E-state index >= 15 is 0 Å². The van der Waals surface area contributed by atoms with E-state index in [0.29, 0.717) is 18.1 Å². The highest BCUT2D eigenvalue weighted by Gasteiger charge is 2.06. The first-order chi connectivity index (χ1) is 9.81. The summed E-state index contributed by atoms with van der Waals surface area (Å²) in [5.74, 6) is 0.0615. The molecule has 100 valence electrons. The standard InChI is InChI=1S/C13H11N5O2/c19-13-18-17-11(20-13)10-7-15-12(16-8-10)14-6-9-4-2-1-3-5-9/h1-5,7-8H,6H2,(H,18,19)(H,14,15,16). The van der Waals surface area contributed by atoms with Crippen LogP contribution in [0.1, 0.15) is 5.56 Å². The van der Waals surface area contributed by atoms with Crippen molar-refractivity contribution >= 4 is 5.95 Å². The highest BCUT2D eigenvalue weighted by Crippen LogP contribution is 2.13. The maximum Gasteiger partial charge on any atom is 0.434 e. The smallest absolute Gasteiger partial charge is 0.388 e. The zero-order valence-corrected chi connectivity index (χ0v) is 10.4. The predicted molar refractivity (Wildman–Crippen MR) is 71.9 cm³/mol. The Bertz CT molecular complexity index is 733. The first-order valence-electron chi connectivity index (χ1n) is 5.97. The summed E-state index contributed by atoms with van der Waals surface area (Å²) < 4.78 is 4.82. The summed E-state index contributed by atoms with van der Waals surface area (Å²) in [6, 6.07) is 9.94. The Morgan fingerprint density at radius 2 is 1.90 bits per heavy atom. The summed E-state index contributed by atoms with van der Waals surface area (Å²) in [6.45, 7) is 0.637. The summed E-state index contributed by atoms with van der Waals surface area (Å²) in [5, 5.41) is 8.99. The number of H-pyrrole nitrogens is 1. The zero-order valence-electron chi connectivity index (χ0n) is 10.4. The second-order valence-electron chi connectivity index (χ2n) is 4.05. The first kappa shape index (κ1) is 12.1. The van der Waals surface area contributed by atoms with Gasteiger partial charge in [0.25, 0.3) is 5.89 Å². The van der Waals surface area contributed by atoms with Crippen molar-refractivity contribution in [3.05, 3.63) is 58.8 Å². The molecule has 0 saturated carbocycles. The molecular weight excluding hydrogens is 258 g/mol. The van der Waals surface area contributed by atoms with E-state index in [1.807, 2.05) is 30.3 Å². The Labute approximate surface area is 113 Å². The van der Waals surface area contributed by atoms with Crippen molar-refractivity contribution in [3.63, 3.8) is 0 Å². The Balaban J connectivity index is 1.69. The van der Waals surface area contributed by atoms with Crippen LogP contribution in [0.4, 0.5) is 5.95 Å². The van der Waals surface area contributed by atoms with Crippen molar-refractivity contribution in [2.45, 2.75) is 6.54 Å². The predicted octanol–water partition coefficient (Wildman–Crippen LogP) is 1.43. The molecule has 3 aromatic rings. The molecule has 7 heteroatoms. The van der Waals surface area contributed by atoms with Gasteiger partial charge in [0, 0.05) is 18.9 Å². The number of hydrogen-bond donors (Lipinski definition) is 2. The molecule has 0 fully saturated rings. The average molecular weight is 269 g/mol. The third-order valence-corrected chi connectivity index (χ3v) is 2.63. The lowest BCUT2D eigenvalue weighted by atomic mass is 10.2. The number of hydrogen-bond acceptors (Lipinski definition) is 6. The van der Waals surface area contributed by atoms with E-state index in [0.717, 1.165) is 5.56 Å². The molecule has 0 aliphatic rings. The number of anilines is 1. The van der Waals surface area contributed by atoms with Crippen molar-refractivity contribution in [1.29, 1.82) is 0 Å². The third kappa shape index (κ3) is 2.72. The van der Waals surface area contributed by atoms with Gasteiger partial charge in [0.15, 0.2) is 0 Å². The van der Waals surface area contributed by atoms with Gasteiger partial charge in [0.1, 0.15) is 0 Å². The Morgan fingerprint density at radius 3 is 2.55 bits per heavy atom. The van der Waals surface area contributed by atoms with Crippen molar-refractivity contribution in [3.8, 4) is 11.5 Å². The summed E-state index contributed by atoms with van der Waals surface area (Å²) in [7, 11) is 0. The lowest BCUT2D eigenvalue weighted by molar-refractivity contribution is 0.526. The Hall–Kier alpha value is -2.96. The van der Waals surface area contributed by atoms with Crippen LogP contribution >= 0.6 is 0 Å². The van der Waals surface area contributed by atoms with Crippen molar-refractivity contribution < 1.29 is 4.42 Å². The summed E-state index contributed by atoms with van der Waals surface area (Å²) in [6.07, 6.45) is 3.08. The quantitative estimate of drug-likeness (QED) is 0.743. The molecule has 0 bridgehead atoms. The van der Waals surface area contributed by atoms with Gasteiger partial charge >= 0.3 is 5.76 Å². The number of rotatable bonds is 4. The summed E-state index contributed by atoms with van der Waals surface area (Å²) >= 11 is 0. The molecule has 2 N–H and O–H groups in total. The summed E-state index contributed by atoms with van der Waals surface area (Å²) in [5.41, 5.74) is 1.67. The van der Waals surface area contributed by atoms with Gasteiger partial charge in [-0.1, -0.05) is 30.3 Å². The van der Waals surface area contributed by atoms with Crippen molar-refractivity contribution in [1.82, 2.24) is 20.2 Å². The van der Waals surface area contributed by atoms with Crippen LogP contribution in [0.3, 0.4) is 0 Å². The van der Waals surface area contributed by atoms with Gasteiger partial charge in [0.05, 0.1) is 5.56 Å². The van der Waals surface area contributed by atoms with Gasteiger partial charge < -0.3 is 9.73 Å². The van der Waals surface area contributed by atoms with Gasteiger partial charge in [-0.15, -0.1) is 5.10 Å². The van der Waals surface area contributed by atoms with E-state index in [9.17, 15) is 4.79 Å². The highest BCUT2D eigenvalue weighted by molar-refractivity contribution is 5.50. The van der Waals surface area contributed by atoms with Gasteiger partial charge in [-0.05, 0) is 5.56 Å². The number of aromatic nitrogens is 4. The normalized spacial score (nSPS) is 10.4. The van der Waals surface area contributed by atoms with Crippen LogP contribution in [0.5, 0.6) is 0 Å². The lowest BCUT2D eigenvalue weighted by Crippen LogP contribution is -2.03. The van der Waals surface area contributed by atoms with E-state index in [4.69, 9.17) is 4.42 Å². The molecule has 7 nitrogen and oxygen atoms in total. The molecule has 0 unspecified atom stereocenters. The molecule has 0 aliphatic heterocycles. The molecular formula is C13H11N5O2. The van der Waals surface area contributed by atoms with Crippen molar-refractivity contribution in [2.75, 3.05) is 5.32 Å². The fraction of sp³-hybridized carbons (Fsp3) is 0.0769. The van der Waals surface area contributed by atoms with Crippen LogP contribution in [0.25, 0.3) is 11.5 Å². The second-order valence-corrected chi connectivity index (χ2v) is 4.05. The molecule has 0 aliphatic carbocycles. The van der Waals surface area contributed by atoms with Crippen LogP contribution in [-0.4, -0.2) is 20.2 Å². The van der Waals surface area contributed by atoms with Crippen LogP contribution in [0, 0.1) is 0 Å². The molecule has 2 heterocycles. The van der Waals surface area contributed by atoms with Gasteiger partial charge in [-0.3, -0.25) is 0 Å². The van der Waals surface area contributed by atoms with Crippen molar-refractivity contribution in [2.24, 2.45) is 0 Å². The molecule has 0 spiro atoms. The second kappa shape index (κ2) is 5.35. The Morgan fingerprint density at radius 1 is 1.15 bits per heavy atom. The largest absolute Gasteiger partial charge is 0.434 e. The van der Waals surface area contributed by atoms with E-state index in [2.05, 4.69) is 25.5 Å². The van der Waals surface area contributed by atoms with E-state index in [-0.39, 0.29) is 5.89 Å². The van der Waals surface area contributed by atoms with Gasteiger partial charge in [-0.25, -0.2) is 19.9 Å². The maximum atomic E-state index is 10.9. The number of nitrogens with one attached hydrogen (secondary N) is 2. The molecule has 1 aromatic carbocycles. The minimum Gasteiger partial charge on any atom is -0.388 e. The van der Waals surface area contributed by atoms with Gasteiger partial charge in [0.2, 0.25) is 5.95 Å². The van der Waals surface area contributed by atoms with Gasteiger partial charge in [-0.2, -0.15) is 0 Å². The summed E-state index contributed by atoms with van der Waals surface area (Å²) in [4.78, 5) is 19.1. The third-order valence-electron chi connectivity index (χ3n) is 2.63. The van der Waals surface area contributed by atoms with E-state index in [1.54, 1.807) is 12.4 Å². The zero-order chi connectivity index (χ0) is 13.8. The molecule has 0 amide bonds. The monoisotopic (exact) mass is 269 g/mol. The SMILES string of the molecule is O=c1[nH]nc(-c2cnc(NCc3ccccc3)nc2)o1. The van der Waals surface area contributed by atoms with Crippen LogP contribution < -0.4 is 11.1 Å². The lowest BCUT2D eigenvalue weighted by Gasteiger charge is -2.04. The molecule has 2 aromatic heterocycles. The van der Waals surface area contributed by atoms with E-state index in [1.165, 1.54) is 0 Å². The topological polar surface area (TPSA) is 96.7 Å². The van der Waals surface area contributed by atoms with Crippen LogP contribution in [0.2, 0.25) is 0 Å². The minimum atomic E-state index is -0.605. The Kier molecular flexibility index (Phi) is 3.24. The number of benzene rings is 1. The molecule has 3 rings (SSSR count). The fourth-order valence-electron chi connectivity index (χ4n) is 1.66. The first-order valence-corrected chi connectivity index (χ1v) is 5.97. The minimum absolute atomic E-state index is 0.171. The highest BCUT2D eigenvalue weighted by atomic mass is 16.4. The number of nitrogens with zero attached hydrogens (tertiary/aromatic N) is 3. The average Bonchev–Trinajstić information content (AvgIpc) is 2.93. The molecule has 0 saturated heterocycles. The molecule has 0 radical (unpaired) electrons. The molecule has 20 heavy (non-hydrogen) atoms. The van der Waals surface area contributed by atoms with Crippen LogP contribution in [0.15, 0.2) is 51.9 Å². The van der Waals surface area contributed by atoms with E-state index < -0.39 is 5.76 Å².